The smallest absolute Gasteiger partial charge is 0.0718 e. The van der Waals surface area contributed by atoms with Gasteiger partial charge >= 0.3 is 0 Å². The zero-order chi connectivity index (χ0) is 11.1. The molecule has 1 aliphatic heterocycles. The summed E-state index contributed by atoms with van der Waals surface area (Å²) in [5.74, 6) is -0.0151. The number of hydrogen-bond acceptors (Lipinski definition) is 3. The Labute approximate surface area is 93.7 Å². The molecule has 15 heavy (non-hydrogen) atoms. The molecule has 0 amide bonds. The summed E-state index contributed by atoms with van der Waals surface area (Å²) in [6.45, 7) is 4.19. The molecule has 0 aliphatic carbocycles. The molecule has 1 aliphatic rings. The van der Waals surface area contributed by atoms with E-state index in [1.165, 1.54) is 0 Å². The van der Waals surface area contributed by atoms with E-state index in [0.29, 0.717) is 5.56 Å². The number of carboxylic acid groups (broad SMARTS) is 1. The van der Waals surface area contributed by atoms with Crippen molar-refractivity contribution in [2.45, 2.75) is 30.6 Å². The van der Waals surface area contributed by atoms with Gasteiger partial charge < -0.3 is 9.90 Å². The molecule has 0 atom stereocenters. The van der Waals surface area contributed by atoms with Crippen molar-refractivity contribution < 1.29 is 9.90 Å². The lowest BCUT2D eigenvalue weighted by Gasteiger charge is -2.34. The van der Waals surface area contributed by atoms with Crippen molar-refractivity contribution in [2.24, 2.45) is 0 Å². The quantitative estimate of drug-likeness (QED) is 0.726. The van der Waals surface area contributed by atoms with E-state index in [1.54, 1.807) is 23.9 Å². The summed E-state index contributed by atoms with van der Waals surface area (Å²) < 4.78 is 0. The van der Waals surface area contributed by atoms with E-state index >= 15 is 0 Å². The topological polar surface area (TPSA) is 40.1 Å². The Morgan fingerprint density at radius 2 is 2.20 bits per heavy atom. The van der Waals surface area contributed by atoms with E-state index in [4.69, 9.17) is 0 Å². The first-order chi connectivity index (χ1) is 7.02. The molecule has 0 N–H and O–H groups in total. The molecule has 0 aromatic heterocycles. The predicted octanol–water partition coefficient (Wildman–Crippen LogP) is 1.82. The molecule has 2 rings (SSSR count). The zero-order valence-electron chi connectivity index (χ0n) is 8.87. The minimum Gasteiger partial charge on any atom is -0.545 e. The molecule has 0 saturated heterocycles. The first kappa shape index (κ1) is 10.6. The second-order valence-electron chi connectivity index (χ2n) is 4.45. The fourth-order valence-electron chi connectivity index (χ4n) is 2.06. The molecule has 3 heteroatoms. The number of aromatic carboxylic acids is 1. The number of fused-ring (bicyclic) bond motifs is 1. The SMILES string of the molecule is CC1(C)CCSc2cccc(C(=O)[O-])c21. The third-order valence-corrected chi connectivity index (χ3v) is 3.97. The van der Waals surface area contributed by atoms with Crippen molar-refractivity contribution in [1.29, 1.82) is 0 Å². The van der Waals surface area contributed by atoms with Crippen molar-refractivity contribution >= 4 is 17.7 Å². The summed E-state index contributed by atoms with van der Waals surface area (Å²) in [7, 11) is 0. The van der Waals surface area contributed by atoms with Crippen molar-refractivity contribution in [3.05, 3.63) is 29.3 Å². The third kappa shape index (κ3) is 1.76. The van der Waals surface area contributed by atoms with Crippen LogP contribution < -0.4 is 5.11 Å². The molecule has 0 unspecified atom stereocenters. The van der Waals surface area contributed by atoms with E-state index in [0.717, 1.165) is 22.6 Å². The maximum Gasteiger partial charge on any atom is 0.0718 e. The minimum atomic E-state index is -1.07. The highest BCUT2D eigenvalue weighted by molar-refractivity contribution is 7.99. The molecular weight excluding hydrogens is 208 g/mol. The van der Waals surface area contributed by atoms with Gasteiger partial charge in [-0.25, -0.2) is 0 Å². The molecule has 0 saturated carbocycles. The molecule has 0 bridgehead atoms. The summed E-state index contributed by atoms with van der Waals surface area (Å²) in [6.07, 6.45) is 1.01. The molecule has 1 heterocycles. The predicted molar refractivity (Wildman–Crippen MR) is 59.1 cm³/mol. The lowest BCUT2D eigenvalue weighted by molar-refractivity contribution is -0.255. The van der Waals surface area contributed by atoms with Crippen molar-refractivity contribution in [2.75, 3.05) is 5.75 Å². The van der Waals surface area contributed by atoms with Crippen LogP contribution in [0.5, 0.6) is 0 Å². The van der Waals surface area contributed by atoms with Gasteiger partial charge in [0.05, 0.1) is 5.97 Å². The lowest BCUT2D eigenvalue weighted by Crippen LogP contribution is -2.31. The monoisotopic (exact) mass is 221 g/mol. The van der Waals surface area contributed by atoms with Gasteiger partial charge in [0.1, 0.15) is 0 Å². The maximum absolute atomic E-state index is 11.0. The normalized spacial score (nSPS) is 18.3. The average molecular weight is 221 g/mol. The number of carboxylic acids is 1. The number of rotatable bonds is 1. The number of carbonyl (C=O) groups excluding carboxylic acids is 1. The summed E-state index contributed by atoms with van der Waals surface area (Å²) in [4.78, 5) is 12.1. The van der Waals surface area contributed by atoms with Crippen LogP contribution in [0.4, 0.5) is 0 Å². The average Bonchev–Trinajstić information content (AvgIpc) is 2.16. The fourth-order valence-corrected chi connectivity index (χ4v) is 3.60. The molecule has 0 fully saturated rings. The third-order valence-electron chi connectivity index (χ3n) is 2.91. The first-order valence-electron chi connectivity index (χ1n) is 5.00. The highest BCUT2D eigenvalue weighted by Crippen LogP contribution is 2.42. The molecule has 0 radical (unpaired) electrons. The van der Waals surface area contributed by atoms with Crippen LogP contribution in [0.1, 0.15) is 36.2 Å². The Bertz CT molecular complexity index is 410. The van der Waals surface area contributed by atoms with E-state index in [9.17, 15) is 9.90 Å². The Hall–Kier alpha value is -0.960. The fraction of sp³-hybridized carbons (Fsp3) is 0.417. The van der Waals surface area contributed by atoms with Crippen molar-refractivity contribution in [3.8, 4) is 0 Å². The maximum atomic E-state index is 11.0. The van der Waals surface area contributed by atoms with Crippen molar-refractivity contribution in [1.82, 2.24) is 0 Å². The van der Waals surface area contributed by atoms with Gasteiger partial charge in [-0.15, -0.1) is 11.8 Å². The van der Waals surface area contributed by atoms with Crippen LogP contribution in [-0.2, 0) is 5.41 Å². The molecule has 80 valence electrons. The summed E-state index contributed by atoms with van der Waals surface area (Å²) in [5.41, 5.74) is 1.24. The molecule has 1 aromatic carbocycles. The standard InChI is InChI=1S/C12H14O2S/c1-12(2)6-7-15-9-5-3-4-8(10(9)12)11(13)14/h3-5H,6-7H2,1-2H3,(H,13,14)/p-1. The lowest BCUT2D eigenvalue weighted by atomic mass is 9.79. The van der Waals surface area contributed by atoms with Crippen LogP contribution in [0.15, 0.2) is 23.1 Å². The summed E-state index contributed by atoms with van der Waals surface area (Å²) in [6, 6.07) is 5.42. The van der Waals surface area contributed by atoms with Gasteiger partial charge in [0.2, 0.25) is 0 Å². The van der Waals surface area contributed by atoms with Crippen molar-refractivity contribution in [3.63, 3.8) is 0 Å². The van der Waals surface area contributed by atoms with Gasteiger partial charge in [0, 0.05) is 10.5 Å². The molecular formula is C12H13O2S-. The van der Waals surface area contributed by atoms with Gasteiger partial charge in [-0.1, -0.05) is 26.0 Å². The number of thioether (sulfide) groups is 1. The number of carbonyl (C=O) groups is 1. The molecule has 0 spiro atoms. The van der Waals surface area contributed by atoms with E-state index in [1.807, 2.05) is 6.07 Å². The van der Waals surface area contributed by atoms with Gasteiger partial charge in [0.25, 0.3) is 0 Å². The molecule has 2 nitrogen and oxygen atoms in total. The Morgan fingerprint density at radius 3 is 2.87 bits per heavy atom. The van der Waals surface area contributed by atoms with Gasteiger partial charge in [0.15, 0.2) is 0 Å². The summed E-state index contributed by atoms with van der Waals surface area (Å²) in [5, 5.41) is 11.0. The van der Waals surface area contributed by atoms with E-state index in [2.05, 4.69) is 13.8 Å². The number of benzene rings is 1. The highest BCUT2D eigenvalue weighted by Gasteiger charge is 2.30. The van der Waals surface area contributed by atoms with Gasteiger partial charge in [-0.3, -0.25) is 0 Å². The minimum absolute atomic E-state index is 0.0583. The second-order valence-corrected chi connectivity index (χ2v) is 5.59. The Balaban J connectivity index is 2.65. The highest BCUT2D eigenvalue weighted by atomic mass is 32.2. The van der Waals surface area contributed by atoms with Crippen LogP contribution in [0.3, 0.4) is 0 Å². The van der Waals surface area contributed by atoms with Crippen LogP contribution in [0, 0.1) is 0 Å². The van der Waals surface area contributed by atoms with E-state index < -0.39 is 5.97 Å². The van der Waals surface area contributed by atoms with Gasteiger partial charge in [-0.2, -0.15) is 0 Å². The van der Waals surface area contributed by atoms with Crippen LogP contribution >= 0.6 is 11.8 Å². The second kappa shape index (κ2) is 3.56. The largest absolute Gasteiger partial charge is 0.545 e. The van der Waals surface area contributed by atoms with Crippen LogP contribution in [0.2, 0.25) is 0 Å². The summed E-state index contributed by atoms with van der Waals surface area (Å²) >= 11 is 1.73. The Kier molecular flexibility index (Phi) is 2.51. The van der Waals surface area contributed by atoms with E-state index in [-0.39, 0.29) is 5.41 Å². The zero-order valence-corrected chi connectivity index (χ0v) is 9.69. The number of hydrogen-bond donors (Lipinski definition) is 0. The first-order valence-corrected chi connectivity index (χ1v) is 5.98. The van der Waals surface area contributed by atoms with Crippen LogP contribution in [-0.4, -0.2) is 11.7 Å². The van der Waals surface area contributed by atoms with Gasteiger partial charge in [-0.05, 0) is 29.2 Å². The Morgan fingerprint density at radius 1 is 1.47 bits per heavy atom. The molecule has 1 aromatic rings. The van der Waals surface area contributed by atoms with Crippen LogP contribution in [0.25, 0.3) is 0 Å².